The second-order valence-electron chi connectivity index (χ2n) is 5.12. The van der Waals surface area contributed by atoms with Gasteiger partial charge in [0, 0.05) is 23.2 Å². The highest BCUT2D eigenvalue weighted by atomic mass is 16.5. The maximum Gasteiger partial charge on any atom is 0.120 e. The summed E-state index contributed by atoms with van der Waals surface area (Å²) in [6.07, 6.45) is 5.94. The number of piperidine rings is 1. The molecule has 0 spiro atoms. The number of hydrogen-bond acceptors (Lipinski definition) is 2. The van der Waals surface area contributed by atoms with E-state index in [9.17, 15) is 0 Å². The van der Waals surface area contributed by atoms with Gasteiger partial charge in [-0.3, -0.25) is 0 Å². The zero-order valence-electron chi connectivity index (χ0n) is 10.8. The minimum atomic E-state index is 0.826. The molecule has 0 radical (unpaired) electrons. The largest absolute Gasteiger partial charge is 0.497 e. The standard InChI is InChI=1S/C15H20N2O/c1-18-13-2-3-14-12(10-17-15(14)9-13)8-11-4-6-16-7-5-11/h2-3,9-11,16-17H,4-8H2,1H3. The van der Waals surface area contributed by atoms with E-state index >= 15 is 0 Å². The van der Waals surface area contributed by atoms with Crippen molar-refractivity contribution in [3.63, 3.8) is 0 Å². The van der Waals surface area contributed by atoms with E-state index in [-0.39, 0.29) is 0 Å². The Labute approximate surface area is 108 Å². The Hall–Kier alpha value is -1.48. The summed E-state index contributed by atoms with van der Waals surface area (Å²) in [6.45, 7) is 2.34. The van der Waals surface area contributed by atoms with Crippen LogP contribution < -0.4 is 10.1 Å². The molecule has 18 heavy (non-hydrogen) atoms. The monoisotopic (exact) mass is 244 g/mol. The quantitative estimate of drug-likeness (QED) is 0.871. The fourth-order valence-electron chi connectivity index (χ4n) is 2.86. The maximum atomic E-state index is 5.25. The van der Waals surface area contributed by atoms with Crippen molar-refractivity contribution in [1.82, 2.24) is 10.3 Å². The van der Waals surface area contributed by atoms with E-state index in [2.05, 4.69) is 28.6 Å². The molecule has 0 aliphatic carbocycles. The Bertz CT molecular complexity index is 526. The molecule has 1 aromatic carbocycles. The molecule has 1 aromatic heterocycles. The molecule has 0 saturated carbocycles. The maximum absolute atomic E-state index is 5.25. The molecule has 0 bridgehead atoms. The van der Waals surface area contributed by atoms with Crippen molar-refractivity contribution in [2.24, 2.45) is 5.92 Å². The average molecular weight is 244 g/mol. The van der Waals surface area contributed by atoms with Gasteiger partial charge in [0.1, 0.15) is 5.75 Å². The number of aromatic nitrogens is 1. The third-order valence-electron chi connectivity index (χ3n) is 3.94. The minimum Gasteiger partial charge on any atom is -0.497 e. The summed E-state index contributed by atoms with van der Waals surface area (Å²) in [5.41, 5.74) is 2.62. The van der Waals surface area contributed by atoms with E-state index in [0.29, 0.717) is 0 Å². The van der Waals surface area contributed by atoms with Crippen LogP contribution in [-0.4, -0.2) is 25.2 Å². The number of fused-ring (bicyclic) bond motifs is 1. The van der Waals surface area contributed by atoms with E-state index in [4.69, 9.17) is 4.74 Å². The normalized spacial score (nSPS) is 17.2. The number of rotatable bonds is 3. The fourth-order valence-corrected chi connectivity index (χ4v) is 2.86. The van der Waals surface area contributed by atoms with Crippen molar-refractivity contribution in [3.05, 3.63) is 30.0 Å². The smallest absolute Gasteiger partial charge is 0.120 e. The van der Waals surface area contributed by atoms with Crippen LogP contribution in [0.2, 0.25) is 0 Å². The van der Waals surface area contributed by atoms with Crippen LogP contribution in [0.5, 0.6) is 5.75 Å². The second-order valence-corrected chi connectivity index (χ2v) is 5.12. The Morgan fingerprint density at radius 2 is 2.11 bits per heavy atom. The number of aromatic amines is 1. The van der Waals surface area contributed by atoms with Gasteiger partial charge in [-0.05, 0) is 56.0 Å². The first kappa shape index (κ1) is 11.6. The molecule has 3 nitrogen and oxygen atoms in total. The Morgan fingerprint density at radius 3 is 2.89 bits per heavy atom. The van der Waals surface area contributed by atoms with Gasteiger partial charge in [0.2, 0.25) is 0 Å². The van der Waals surface area contributed by atoms with Crippen molar-refractivity contribution in [3.8, 4) is 5.75 Å². The first-order valence-electron chi connectivity index (χ1n) is 6.71. The average Bonchev–Trinajstić information content (AvgIpc) is 2.82. The molecule has 1 aliphatic heterocycles. The van der Waals surface area contributed by atoms with Gasteiger partial charge in [-0.15, -0.1) is 0 Å². The number of nitrogens with one attached hydrogen (secondary N) is 2. The highest BCUT2D eigenvalue weighted by molar-refractivity contribution is 5.84. The predicted molar refractivity (Wildman–Crippen MR) is 74.1 cm³/mol. The summed E-state index contributed by atoms with van der Waals surface area (Å²) < 4.78 is 5.25. The SMILES string of the molecule is COc1ccc2c(CC3CCNCC3)c[nH]c2c1. The highest BCUT2D eigenvalue weighted by Crippen LogP contribution is 2.27. The lowest BCUT2D eigenvalue weighted by Gasteiger charge is -2.22. The lowest BCUT2D eigenvalue weighted by atomic mass is 9.91. The number of methoxy groups -OCH3 is 1. The van der Waals surface area contributed by atoms with Crippen molar-refractivity contribution in [2.75, 3.05) is 20.2 Å². The first-order chi connectivity index (χ1) is 8.86. The summed E-state index contributed by atoms with van der Waals surface area (Å²) in [7, 11) is 1.71. The molecule has 1 fully saturated rings. The lowest BCUT2D eigenvalue weighted by Crippen LogP contribution is -2.28. The molecule has 2 aromatic rings. The van der Waals surface area contributed by atoms with Gasteiger partial charge in [-0.25, -0.2) is 0 Å². The molecule has 0 amide bonds. The number of hydrogen-bond donors (Lipinski definition) is 2. The van der Waals surface area contributed by atoms with Crippen LogP contribution in [0.15, 0.2) is 24.4 Å². The summed E-state index contributed by atoms with van der Waals surface area (Å²) >= 11 is 0. The molecular weight excluding hydrogens is 224 g/mol. The van der Waals surface area contributed by atoms with E-state index in [1.54, 1.807) is 7.11 Å². The lowest BCUT2D eigenvalue weighted by molar-refractivity contribution is 0.373. The fraction of sp³-hybridized carbons (Fsp3) is 0.467. The molecular formula is C15H20N2O. The molecule has 1 aliphatic rings. The number of ether oxygens (including phenoxy) is 1. The Kier molecular flexibility index (Phi) is 3.24. The molecule has 0 atom stereocenters. The highest BCUT2D eigenvalue weighted by Gasteiger charge is 2.15. The van der Waals surface area contributed by atoms with Crippen molar-refractivity contribution < 1.29 is 4.74 Å². The zero-order chi connectivity index (χ0) is 12.4. The van der Waals surface area contributed by atoms with Crippen LogP contribution in [0.1, 0.15) is 18.4 Å². The Balaban J connectivity index is 1.83. The third kappa shape index (κ3) is 2.23. The Morgan fingerprint density at radius 1 is 1.28 bits per heavy atom. The van der Waals surface area contributed by atoms with Gasteiger partial charge >= 0.3 is 0 Å². The second kappa shape index (κ2) is 5.02. The van der Waals surface area contributed by atoms with Gasteiger partial charge < -0.3 is 15.0 Å². The van der Waals surface area contributed by atoms with Crippen molar-refractivity contribution in [2.45, 2.75) is 19.3 Å². The summed E-state index contributed by atoms with van der Waals surface area (Å²) in [5, 5.41) is 4.76. The van der Waals surface area contributed by atoms with Gasteiger partial charge in [0.05, 0.1) is 7.11 Å². The minimum absolute atomic E-state index is 0.826. The third-order valence-corrected chi connectivity index (χ3v) is 3.94. The predicted octanol–water partition coefficient (Wildman–Crippen LogP) is 2.72. The van der Waals surface area contributed by atoms with E-state index in [1.807, 2.05) is 6.07 Å². The van der Waals surface area contributed by atoms with Crippen LogP contribution in [0.4, 0.5) is 0 Å². The molecule has 0 unspecified atom stereocenters. The molecule has 2 heterocycles. The summed E-state index contributed by atoms with van der Waals surface area (Å²) in [6, 6.07) is 6.28. The van der Waals surface area contributed by atoms with Gasteiger partial charge in [0.15, 0.2) is 0 Å². The van der Waals surface area contributed by atoms with Crippen LogP contribution >= 0.6 is 0 Å². The number of benzene rings is 1. The van der Waals surface area contributed by atoms with Crippen LogP contribution in [0.3, 0.4) is 0 Å². The van der Waals surface area contributed by atoms with Gasteiger partial charge in [-0.2, -0.15) is 0 Å². The van der Waals surface area contributed by atoms with Gasteiger partial charge in [0.25, 0.3) is 0 Å². The molecule has 3 rings (SSSR count). The zero-order valence-corrected chi connectivity index (χ0v) is 10.8. The van der Waals surface area contributed by atoms with Crippen molar-refractivity contribution in [1.29, 1.82) is 0 Å². The van der Waals surface area contributed by atoms with Crippen LogP contribution in [0, 0.1) is 5.92 Å². The van der Waals surface area contributed by atoms with Crippen LogP contribution in [-0.2, 0) is 6.42 Å². The van der Waals surface area contributed by atoms with E-state index < -0.39 is 0 Å². The van der Waals surface area contributed by atoms with E-state index in [1.165, 1.54) is 48.8 Å². The topological polar surface area (TPSA) is 37.0 Å². The van der Waals surface area contributed by atoms with Crippen molar-refractivity contribution >= 4 is 10.9 Å². The van der Waals surface area contributed by atoms with E-state index in [0.717, 1.165) is 11.7 Å². The number of H-pyrrole nitrogens is 1. The van der Waals surface area contributed by atoms with Gasteiger partial charge in [-0.1, -0.05) is 0 Å². The molecule has 1 saturated heterocycles. The summed E-state index contributed by atoms with van der Waals surface area (Å²) in [5.74, 6) is 1.74. The molecule has 96 valence electrons. The summed E-state index contributed by atoms with van der Waals surface area (Å²) in [4.78, 5) is 3.36. The van der Waals surface area contributed by atoms with Crippen LogP contribution in [0.25, 0.3) is 10.9 Å². The first-order valence-corrected chi connectivity index (χ1v) is 6.71. The molecule has 2 N–H and O–H groups in total. The molecule has 3 heteroatoms.